The van der Waals surface area contributed by atoms with Crippen LogP contribution < -0.4 is 10.6 Å². The van der Waals surface area contributed by atoms with Gasteiger partial charge in [-0.3, -0.25) is 0 Å². The smallest absolute Gasteiger partial charge is 0.396 e. The molecule has 0 atom stereocenters. The first kappa shape index (κ1) is 19.1. The lowest BCUT2D eigenvalue weighted by atomic mass is 10.0. The lowest BCUT2D eigenvalue weighted by Gasteiger charge is -2.14. The number of amides is 2. The highest BCUT2D eigenvalue weighted by Crippen LogP contribution is 2.36. The van der Waals surface area contributed by atoms with Gasteiger partial charge in [0.15, 0.2) is 0 Å². The normalized spacial score (nSPS) is 12.1. The molecule has 10 heteroatoms. The van der Waals surface area contributed by atoms with Crippen LogP contribution in [-0.2, 0) is 18.9 Å². The molecule has 130 valence electrons. The molecule has 0 unspecified atom stereocenters. The Balaban J connectivity index is 2.87. The van der Waals surface area contributed by atoms with E-state index in [-0.39, 0.29) is 31.2 Å². The second kappa shape index (κ2) is 7.53. The van der Waals surface area contributed by atoms with Gasteiger partial charge < -0.3 is 15.7 Å². The minimum atomic E-state index is -4.93. The molecule has 0 radical (unpaired) electrons. The van der Waals surface area contributed by atoms with Crippen LogP contribution in [0.3, 0.4) is 0 Å². The van der Waals surface area contributed by atoms with Crippen LogP contribution in [0.2, 0.25) is 0 Å². The number of alkyl halides is 6. The molecule has 0 bridgehead atoms. The molecule has 0 aliphatic carbocycles. The van der Waals surface area contributed by atoms with Crippen molar-refractivity contribution in [3.05, 3.63) is 34.9 Å². The summed E-state index contributed by atoms with van der Waals surface area (Å²) in [5.41, 5.74) is -3.21. The summed E-state index contributed by atoms with van der Waals surface area (Å²) in [5.74, 6) is 0. The van der Waals surface area contributed by atoms with Crippen LogP contribution >= 0.6 is 0 Å². The third-order valence-corrected chi connectivity index (χ3v) is 2.72. The zero-order valence-corrected chi connectivity index (χ0v) is 11.7. The molecular formula is C13H14F6N2O2. The predicted molar refractivity (Wildman–Crippen MR) is 68.4 cm³/mol. The molecule has 0 fully saturated rings. The van der Waals surface area contributed by atoms with Crippen LogP contribution in [0, 0.1) is 0 Å². The molecule has 2 amide bonds. The van der Waals surface area contributed by atoms with Crippen molar-refractivity contribution in [1.82, 2.24) is 10.6 Å². The van der Waals surface area contributed by atoms with E-state index in [9.17, 15) is 31.1 Å². The third-order valence-electron chi connectivity index (χ3n) is 2.72. The van der Waals surface area contributed by atoms with Crippen LogP contribution in [0.15, 0.2) is 18.2 Å². The average Bonchev–Trinajstić information content (AvgIpc) is 2.43. The van der Waals surface area contributed by atoms with E-state index in [4.69, 9.17) is 5.11 Å². The predicted octanol–water partition coefficient (Wildman–Crippen LogP) is 2.91. The molecule has 1 rings (SSSR count). The van der Waals surface area contributed by atoms with Gasteiger partial charge in [0.25, 0.3) is 0 Å². The molecule has 0 heterocycles. The molecule has 1 aromatic carbocycles. The average molecular weight is 344 g/mol. The highest BCUT2D eigenvalue weighted by molar-refractivity contribution is 5.73. The first-order chi connectivity index (χ1) is 10.5. The van der Waals surface area contributed by atoms with Crippen molar-refractivity contribution < 1.29 is 36.2 Å². The quantitative estimate of drug-likeness (QED) is 0.568. The number of hydrogen-bond donors (Lipinski definition) is 3. The van der Waals surface area contributed by atoms with Gasteiger partial charge in [-0.15, -0.1) is 0 Å². The minimum Gasteiger partial charge on any atom is -0.396 e. The maximum Gasteiger partial charge on any atom is 0.416 e. The zero-order valence-electron chi connectivity index (χ0n) is 11.7. The summed E-state index contributed by atoms with van der Waals surface area (Å²) >= 11 is 0. The monoisotopic (exact) mass is 344 g/mol. The van der Waals surface area contributed by atoms with Crippen molar-refractivity contribution in [2.75, 3.05) is 13.2 Å². The highest BCUT2D eigenvalue weighted by Gasteiger charge is 2.36. The standard InChI is InChI=1S/C13H14F6N2O2/c14-12(15,16)9-4-8(5-10(6-9)13(17,18)19)7-21-11(23)20-2-1-3-22/h4-6,22H,1-3,7H2,(H2,20,21,23). The van der Waals surface area contributed by atoms with Gasteiger partial charge in [-0.05, 0) is 30.2 Å². The topological polar surface area (TPSA) is 61.4 Å². The Kier molecular flexibility index (Phi) is 6.25. The highest BCUT2D eigenvalue weighted by atomic mass is 19.4. The van der Waals surface area contributed by atoms with E-state index in [0.717, 1.165) is 0 Å². The van der Waals surface area contributed by atoms with Gasteiger partial charge in [-0.2, -0.15) is 26.3 Å². The SMILES string of the molecule is O=C(NCCCO)NCc1cc(C(F)(F)F)cc(C(F)(F)F)c1. The van der Waals surface area contributed by atoms with Crippen molar-refractivity contribution in [2.24, 2.45) is 0 Å². The lowest BCUT2D eigenvalue weighted by molar-refractivity contribution is -0.143. The van der Waals surface area contributed by atoms with E-state index in [1.54, 1.807) is 0 Å². The second-order valence-corrected chi connectivity index (χ2v) is 4.60. The maximum absolute atomic E-state index is 12.6. The van der Waals surface area contributed by atoms with E-state index in [1.807, 2.05) is 0 Å². The molecule has 0 aliphatic heterocycles. The fraction of sp³-hybridized carbons (Fsp3) is 0.462. The Hall–Kier alpha value is -1.97. The number of halogens is 6. The summed E-state index contributed by atoms with van der Waals surface area (Å²) < 4.78 is 75.9. The zero-order chi connectivity index (χ0) is 17.7. The minimum absolute atomic E-state index is 0.0187. The van der Waals surface area contributed by atoms with Crippen molar-refractivity contribution >= 4 is 6.03 Å². The lowest BCUT2D eigenvalue weighted by Crippen LogP contribution is -2.35. The van der Waals surface area contributed by atoms with Gasteiger partial charge in [-0.25, -0.2) is 4.79 Å². The van der Waals surface area contributed by atoms with Gasteiger partial charge in [0.05, 0.1) is 11.1 Å². The Morgan fingerprint density at radius 2 is 1.48 bits per heavy atom. The van der Waals surface area contributed by atoms with Crippen LogP contribution in [0.25, 0.3) is 0 Å². The number of aliphatic hydroxyl groups is 1. The molecule has 0 saturated heterocycles. The molecule has 0 aliphatic rings. The van der Waals surface area contributed by atoms with E-state index in [0.29, 0.717) is 12.1 Å². The van der Waals surface area contributed by atoms with Gasteiger partial charge in [0.2, 0.25) is 0 Å². The first-order valence-corrected chi connectivity index (χ1v) is 6.45. The Morgan fingerprint density at radius 3 is 1.91 bits per heavy atom. The van der Waals surface area contributed by atoms with Crippen molar-refractivity contribution in [2.45, 2.75) is 25.3 Å². The summed E-state index contributed by atoms with van der Waals surface area (Å²) in [6, 6.07) is 0.349. The summed E-state index contributed by atoms with van der Waals surface area (Å²) in [6.45, 7) is -0.542. The second-order valence-electron chi connectivity index (χ2n) is 4.60. The number of urea groups is 1. The number of benzene rings is 1. The fourth-order valence-corrected chi connectivity index (χ4v) is 1.65. The van der Waals surface area contributed by atoms with Gasteiger partial charge in [-0.1, -0.05) is 0 Å². The molecule has 4 nitrogen and oxygen atoms in total. The Labute approximate surface area is 127 Å². The molecular weight excluding hydrogens is 330 g/mol. The van der Waals surface area contributed by atoms with Crippen LogP contribution in [0.5, 0.6) is 0 Å². The van der Waals surface area contributed by atoms with Gasteiger partial charge in [0, 0.05) is 19.7 Å². The van der Waals surface area contributed by atoms with E-state index >= 15 is 0 Å². The molecule has 0 spiro atoms. The number of carbonyl (C=O) groups excluding carboxylic acids is 1. The van der Waals surface area contributed by atoms with Gasteiger partial charge >= 0.3 is 18.4 Å². The largest absolute Gasteiger partial charge is 0.416 e. The van der Waals surface area contributed by atoms with Crippen LogP contribution in [0.1, 0.15) is 23.1 Å². The summed E-state index contributed by atoms with van der Waals surface area (Å²) in [5, 5.41) is 13.0. The van der Waals surface area contributed by atoms with E-state index in [2.05, 4.69) is 10.6 Å². The molecule has 0 aromatic heterocycles. The van der Waals surface area contributed by atoms with E-state index in [1.165, 1.54) is 0 Å². The molecule has 0 saturated carbocycles. The number of carbonyl (C=O) groups is 1. The maximum atomic E-state index is 12.6. The Morgan fingerprint density at radius 1 is 0.957 bits per heavy atom. The first-order valence-electron chi connectivity index (χ1n) is 6.45. The van der Waals surface area contributed by atoms with Crippen molar-refractivity contribution in [1.29, 1.82) is 0 Å². The van der Waals surface area contributed by atoms with E-state index < -0.39 is 36.1 Å². The van der Waals surface area contributed by atoms with Gasteiger partial charge in [0.1, 0.15) is 0 Å². The van der Waals surface area contributed by atoms with Crippen LogP contribution in [-0.4, -0.2) is 24.3 Å². The fourth-order valence-electron chi connectivity index (χ4n) is 1.65. The van der Waals surface area contributed by atoms with Crippen molar-refractivity contribution in [3.63, 3.8) is 0 Å². The van der Waals surface area contributed by atoms with Crippen molar-refractivity contribution in [3.8, 4) is 0 Å². The Bertz CT molecular complexity index is 510. The molecule has 23 heavy (non-hydrogen) atoms. The molecule has 1 aromatic rings. The number of rotatable bonds is 5. The number of nitrogens with one attached hydrogen (secondary N) is 2. The summed E-state index contributed by atoms with van der Waals surface area (Å²) in [7, 11) is 0. The van der Waals surface area contributed by atoms with Crippen LogP contribution in [0.4, 0.5) is 31.1 Å². The summed E-state index contributed by atoms with van der Waals surface area (Å²) in [4.78, 5) is 11.3. The number of hydrogen-bond acceptors (Lipinski definition) is 2. The summed E-state index contributed by atoms with van der Waals surface area (Å²) in [6.07, 6.45) is -9.59. The third kappa shape index (κ3) is 6.35. The molecule has 3 N–H and O–H groups in total. The number of aliphatic hydroxyl groups excluding tert-OH is 1.